The van der Waals surface area contributed by atoms with Crippen LogP contribution >= 0.6 is 0 Å². The molecule has 3 aliphatic rings. The van der Waals surface area contributed by atoms with Gasteiger partial charge in [0, 0.05) is 26.7 Å². The van der Waals surface area contributed by atoms with Gasteiger partial charge >= 0.3 is 0 Å². The maximum absolute atomic E-state index is 6.02. The van der Waals surface area contributed by atoms with Crippen LogP contribution in [0.1, 0.15) is 11.4 Å². The lowest BCUT2D eigenvalue weighted by molar-refractivity contribution is 0.112. The Balaban J connectivity index is 1.90. The molecule has 1 aromatic heterocycles. The lowest BCUT2D eigenvalue weighted by Crippen LogP contribution is -2.56. The summed E-state index contributed by atoms with van der Waals surface area (Å²) >= 11 is 0. The zero-order valence-corrected chi connectivity index (χ0v) is 13.2. The van der Waals surface area contributed by atoms with Crippen LogP contribution in [0.4, 0.5) is 5.82 Å². The van der Waals surface area contributed by atoms with E-state index in [1.807, 2.05) is 18.9 Å². The SMILES string of the molecule is C=C1N=C2c3c(nc(C)nc3N1C)OCC1CN(C)CCN21. The number of aryl methyl sites for hydroxylation is 1. The Hall–Kier alpha value is -2.15. The van der Waals surface area contributed by atoms with Crippen molar-refractivity contribution in [3.63, 3.8) is 0 Å². The molecule has 4 rings (SSSR count). The number of fused-ring (bicyclic) bond motifs is 2. The monoisotopic (exact) mass is 300 g/mol. The van der Waals surface area contributed by atoms with Crippen molar-refractivity contribution in [3.8, 4) is 5.88 Å². The molecule has 0 aromatic carbocycles. The van der Waals surface area contributed by atoms with Crippen LogP contribution in [0.5, 0.6) is 5.88 Å². The van der Waals surface area contributed by atoms with E-state index in [0.29, 0.717) is 24.1 Å². The van der Waals surface area contributed by atoms with Crippen LogP contribution in [0.3, 0.4) is 0 Å². The Morgan fingerprint density at radius 2 is 2.05 bits per heavy atom. The lowest BCUT2D eigenvalue weighted by atomic mass is 10.1. The van der Waals surface area contributed by atoms with Crippen molar-refractivity contribution in [2.24, 2.45) is 4.99 Å². The number of hydrogen-bond acceptors (Lipinski definition) is 7. The number of likely N-dealkylation sites (N-methyl/N-ethyl adjacent to an activating group) is 1. The molecule has 1 unspecified atom stereocenters. The van der Waals surface area contributed by atoms with Crippen LogP contribution < -0.4 is 9.64 Å². The minimum Gasteiger partial charge on any atom is -0.475 e. The zero-order chi connectivity index (χ0) is 15.4. The number of hydrogen-bond donors (Lipinski definition) is 0. The fourth-order valence-corrected chi connectivity index (χ4v) is 3.27. The molecule has 3 aliphatic heterocycles. The van der Waals surface area contributed by atoms with E-state index >= 15 is 0 Å². The second-order valence-corrected chi connectivity index (χ2v) is 6.11. The summed E-state index contributed by atoms with van der Waals surface area (Å²) in [4.78, 5) is 20.4. The lowest BCUT2D eigenvalue weighted by Gasteiger charge is -2.41. The van der Waals surface area contributed by atoms with Gasteiger partial charge < -0.3 is 19.4 Å². The van der Waals surface area contributed by atoms with Crippen molar-refractivity contribution in [1.82, 2.24) is 19.8 Å². The number of aromatic nitrogens is 2. The number of amidine groups is 1. The van der Waals surface area contributed by atoms with Gasteiger partial charge in [0.25, 0.3) is 0 Å². The second kappa shape index (κ2) is 4.67. The Labute approximate surface area is 129 Å². The Bertz CT molecular complexity index is 685. The van der Waals surface area contributed by atoms with E-state index in [1.165, 1.54) is 0 Å². The van der Waals surface area contributed by atoms with E-state index in [-0.39, 0.29) is 6.04 Å². The van der Waals surface area contributed by atoms with E-state index in [2.05, 4.69) is 33.4 Å². The molecule has 0 bridgehead atoms. The molecular formula is C15H20N6O. The molecule has 7 nitrogen and oxygen atoms in total. The summed E-state index contributed by atoms with van der Waals surface area (Å²) in [6.45, 7) is 9.44. The molecule has 1 saturated heterocycles. The highest BCUT2D eigenvalue weighted by atomic mass is 16.5. The van der Waals surface area contributed by atoms with Gasteiger partial charge in [0.2, 0.25) is 5.88 Å². The predicted octanol–water partition coefficient (Wildman–Crippen LogP) is 0.461. The van der Waals surface area contributed by atoms with Gasteiger partial charge in [-0.05, 0) is 14.0 Å². The minimum atomic E-state index is 0.274. The molecule has 0 spiro atoms. The molecular weight excluding hydrogens is 280 g/mol. The highest BCUT2D eigenvalue weighted by molar-refractivity contribution is 6.07. The summed E-state index contributed by atoms with van der Waals surface area (Å²) in [5.74, 6) is 3.77. The number of piperazine rings is 1. The summed E-state index contributed by atoms with van der Waals surface area (Å²) in [5.41, 5.74) is 0.896. The molecule has 0 amide bonds. The van der Waals surface area contributed by atoms with Crippen LogP contribution in [-0.4, -0.2) is 72.0 Å². The second-order valence-electron chi connectivity index (χ2n) is 6.11. The fraction of sp³-hybridized carbons (Fsp3) is 0.533. The normalized spacial score (nSPS) is 24.2. The van der Waals surface area contributed by atoms with Gasteiger partial charge in [0.1, 0.15) is 29.7 Å². The summed E-state index contributed by atoms with van der Waals surface area (Å²) in [6.07, 6.45) is 0. The van der Waals surface area contributed by atoms with Gasteiger partial charge in [-0.1, -0.05) is 6.58 Å². The van der Waals surface area contributed by atoms with Crippen LogP contribution in [0.2, 0.25) is 0 Å². The smallest absolute Gasteiger partial charge is 0.230 e. The van der Waals surface area contributed by atoms with Crippen molar-refractivity contribution in [1.29, 1.82) is 0 Å². The molecule has 0 aliphatic carbocycles. The van der Waals surface area contributed by atoms with Gasteiger partial charge in [-0.25, -0.2) is 9.98 Å². The average molecular weight is 300 g/mol. The summed E-state index contributed by atoms with van der Waals surface area (Å²) in [7, 11) is 4.07. The summed E-state index contributed by atoms with van der Waals surface area (Å²) in [6, 6.07) is 0.274. The molecule has 116 valence electrons. The van der Waals surface area contributed by atoms with Crippen LogP contribution in [-0.2, 0) is 0 Å². The van der Waals surface area contributed by atoms with E-state index in [0.717, 1.165) is 36.9 Å². The maximum Gasteiger partial charge on any atom is 0.230 e. The molecule has 22 heavy (non-hydrogen) atoms. The van der Waals surface area contributed by atoms with Crippen LogP contribution in [0.25, 0.3) is 0 Å². The molecule has 1 fully saturated rings. The van der Waals surface area contributed by atoms with Gasteiger partial charge in [-0.2, -0.15) is 4.98 Å². The number of rotatable bonds is 0. The largest absolute Gasteiger partial charge is 0.475 e. The van der Waals surface area contributed by atoms with Gasteiger partial charge in [-0.3, -0.25) is 0 Å². The first-order valence-corrected chi connectivity index (χ1v) is 7.53. The molecule has 7 heteroatoms. The molecule has 1 aromatic rings. The average Bonchev–Trinajstić information content (AvgIpc) is 2.62. The minimum absolute atomic E-state index is 0.274. The molecule has 0 radical (unpaired) electrons. The maximum atomic E-state index is 6.02. The number of ether oxygens (including phenoxy) is 1. The van der Waals surface area contributed by atoms with Gasteiger partial charge in [-0.15, -0.1) is 0 Å². The third-order valence-electron chi connectivity index (χ3n) is 4.50. The number of nitrogens with zero attached hydrogens (tertiary/aromatic N) is 6. The summed E-state index contributed by atoms with van der Waals surface area (Å²) < 4.78 is 6.02. The van der Waals surface area contributed by atoms with E-state index in [1.54, 1.807) is 0 Å². The number of anilines is 1. The Morgan fingerprint density at radius 3 is 2.86 bits per heavy atom. The molecule has 0 saturated carbocycles. The standard InChI is InChI=1S/C15H20N6O/c1-9-16-13-12-14(18-10(2)20(13)4)21-6-5-19(3)7-11(21)8-22-15(12)17-9/h11H,2,5-8H2,1,3-4H3. The van der Waals surface area contributed by atoms with Gasteiger partial charge in [0.15, 0.2) is 5.82 Å². The Kier molecular flexibility index (Phi) is 2.87. The van der Waals surface area contributed by atoms with Crippen molar-refractivity contribution in [2.45, 2.75) is 13.0 Å². The molecule has 4 heterocycles. The van der Waals surface area contributed by atoms with Crippen LogP contribution in [0, 0.1) is 6.92 Å². The first kappa shape index (κ1) is 13.5. The molecule has 1 atom stereocenters. The van der Waals surface area contributed by atoms with Crippen LogP contribution in [0.15, 0.2) is 17.4 Å². The summed E-state index contributed by atoms with van der Waals surface area (Å²) in [5, 5.41) is 0. The first-order valence-electron chi connectivity index (χ1n) is 7.53. The van der Waals surface area contributed by atoms with Crippen molar-refractivity contribution >= 4 is 11.7 Å². The third-order valence-corrected chi connectivity index (χ3v) is 4.50. The molecule has 0 N–H and O–H groups in total. The van der Waals surface area contributed by atoms with E-state index in [4.69, 9.17) is 9.73 Å². The van der Waals surface area contributed by atoms with E-state index < -0.39 is 0 Å². The first-order chi connectivity index (χ1) is 10.5. The fourth-order valence-electron chi connectivity index (χ4n) is 3.27. The van der Waals surface area contributed by atoms with Gasteiger partial charge in [0.05, 0.1) is 6.04 Å². The highest BCUT2D eigenvalue weighted by Crippen LogP contribution is 2.36. The van der Waals surface area contributed by atoms with Crippen molar-refractivity contribution in [3.05, 3.63) is 23.8 Å². The quantitative estimate of drug-likeness (QED) is 0.694. The van der Waals surface area contributed by atoms with Crippen molar-refractivity contribution in [2.75, 3.05) is 45.2 Å². The number of aliphatic imine (C=N–C) groups is 1. The van der Waals surface area contributed by atoms with Crippen molar-refractivity contribution < 1.29 is 4.74 Å². The topological polar surface area (TPSA) is 57.1 Å². The highest BCUT2D eigenvalue weighted by Gasteiger charge is 2.38. The predicted molar refractivity (Wildman–Crippen MR) is 84.3 cm³/mol. The van der Waals surface area contributed by atoms with E-state index in [9.17, 15) is 0 Å². The Morgan fingerprint density at radius 1 is 1.23 bits per heavy atom. The third kappa shape index (κ3) is 1.89. The zero-order valence-electron chi connectivity index (χ0n) is 13.2.